The molecule has 1 unspecified atom stereocenters. The van der Waals surface area contributed by atoms with Crippen LogP contribution in [-0.2, 0) is 0 Å². The fraction of sp³-hybridized carbons (Fsp3) is 0.200. The molecule has 0 aliphatic carbocycles. The molecule has 0 aromatic heterocycles. The lowest BCUT2D eigenvalue weighted by atomic mass is 10.1. The van der Waals surface area contributed by atoms with Gasteiger partial charge in [0.15, 0.2) is 0 Å². The predicted octanol–water partition coefficient (Wildman–Crippen LogP) is 4.82. The second kappa shape index (κ2) is 5.24. The van der Waals surface area contributed by atoms with Crippen molar-refractivity contribution in [1.82, 2.24) is 0 Å². The third-order valence-electron chi connectivity index (χ3n) is 2.82. The van der Waals surface area contributed by atoms with Crippen molar-refractivity contribution in [3.05, 3.63) is 64.7 Å². The summed E-state index contributed by atoms with van der Waals surface area (Å²) in [7, 11) is 0. The van der Waals surface area contributed by atoms with Gasteiger partial charge < -0.3 is 5.32 Å². The van der Waals surface area contributed by atoms with E-state index >= 15 is 0 Å². The van der Waals surface area contributed by atoms with Gasteiger partial charge in [-0.1, -0.05) is 53.6 Å². The van der Waals surface area contributed by atoms with Gasteiger partial charge in [-0.2, -0.15) is 0 Å². The Labute approximate surface area is 107 Å². The van der Waals surface area contributed by atoms with Gasteiger partial charge in [0.05, 0.1) is 10.7 Å². The van der Waals surface area contributed by atoms with E-state index in [1.807, 2.05) is 24.3 Å². The van der Waals surface area contributed by atoms with Crippen LogP contribution < -0.4 is 5.32 Å². The minimum Gasteiger partial charge on any atom is -0.377 e. The van der Waals surface area contributed by atoms with Crippen LogP contribution in [0.1, 0.15) is 24.1 Å². The number of benzene rings is 2. The van der Waals surface area contributed by atoms with Crippen LogP contribution in [0.15, 0.2) is 48.5 Å². The van der Waals surface area contributed by atoms with Gasteiger partial charge in [-0.15, -0.1) is 0 Å². The molecule has 2 aromatic carbocycles. The molecule has 0 saturated heterocycles. The molecule has 2 heteroatoms. The van der Waals surface area contributed by atoms with Gasteiger partial charge in [-0.3, -0.25) is 0 Å². The van der Waals surface area contributed by atoms with Crippen molar-refractivity contribution in [3.8, 4) is 0 Å². The fourth-order valence-electron chi connectivity index (χ4n) is 1.75. The van der Waals surface area contributed by atoms with E-state index in [4.69, 9.17) is 11.6 Å². The van der Waals surface area contributed by atoms with Crippen LogP contribution in [0.5, 0.6) is 0 Å². The smallest absolute Gasteiger partial charge is 0.0637 e. The average Bonchev–Trinajstić information content (AvgIpc) is 2.33. The minimum atomic E-state index is 0.246. The van der Waals surface area contributed by atoms with Gasteiger partial charge >= 0.3 is 0 Å². The van der Waals surface area contributed by atoms with Gasteiger partial charge in [-0.05, 0) is 31.5 Å². The van der Waals surface area contributed by atoms with Crippen molar-refractivity contribution in [1.29, 1.82) is 0 Å². The molecular weight excluding hydrogens is 230 g/mol. The Morgan fingerprint density at radius 3 is 2.29 bits per heavy atom. The molecule has 0 bridgehead atoms. The summed E-state index contributed by atoms with van der Waals surface area (Å²) in [4.78, 5) is 0. The normalized spacial score (nSPS) is 12.2. The first kappa shape index (κ1) is 12.0. The Balaban J connectivity index is 2.14. The van der Waals surface area contributed by atoms with Crippen LogP contribution in [0.2, 0.25) is 5.02 Å². The summed E-state index contributed by atoms with van der Waals surface area (Å²) in [5.74, 6) is 0. The standard InChI is InChI=1S/C15H16ClN/c1-11-7-9-13(10-8-11)12(2)17-15-6-4-3-5-14(15)16/h3-10,12,17H,1-2H3. The van der Waals surface area contributed by atoms with Crippen molar-refractivity contribution in [3.63, 3.8) is 0 Å². The van der Waals surface area contributed by atoms with Crippen molar-refractivity contribution < 1.29 is 0 Å². The van der Waals surface area contributed by atoms with Crippen molar-refractivity contribution in [2.75, 3.05) is 5.32 Å². The van der Waals surface area contributed by atoms with E-state index in [2.05, 4.69) is 43.4 Å². The largest absolute Gasteiger partial charge is 0.377 e. The Morgan fingerprint density at radius 2 is 1.65 bits per heavy atom. The Bertz CT molecular complexity index is 491. The molecule has 0 radical (unpaired) electrons. The highest BCUT2D eigenvalue weighted by Crippen LogP contribution is 2.25. The molecule has 1 nitrogen and oxygen atoms in total. The molecule has 2 rings (SSSR count). The van der Waals surface area contributed by atoms with Crippen molar-refractivity contribution >= 4 is 17.3 Å². The lowest BCUT2D eigenvalue weighted by Crippen LogP contribution is -2.06. The number of anilines is 1. The van der Waals surface area contributed by atoms with E-state index in [1.54, 1.807) is 0 Å². The molecule has 0 aliphatic rings. The van der Waals surface area contributed by atoms with Gasteiger partial charge in [0, 0.05) is 6.04 Å². The molecule has 0 saturated carbocycles. The third-order valence-corrected chi connectivity index (χ3v) is 3.15. The van der Waals surface area contributed by atoms with E-state index in [-0.39, 0.29) is 6.04 Å². The molecule has 0 aliphatic heterocycles. The zero-order valence-corrected chi connectivity index (χ0v) is 10.8. The molecule has 1 N–H and O–H groups in total. The molecule has 0 fully saturated rings. The number of nitrogens with one attached hydrogen (secondary N) is 1. The first-order valence-corrected chi connectivity index (χ1v) is 6.12. The van der Waals surface area contributed by atoms with Crippen molar-refractivity contribution in [2.24, 2.45) is 0 Å². The highest BCUT2D eigenvalue weighted by atomic mass is 35.5. The molecular formula is C15H16ClN. The topological polar surface area (TPSA) is 12.0 Å². The zero-order chi connectivity index (χ0) is 12.3. The maximum Gasteiger partial charge on any atom is 0.0637 e. The number of rotatable bonds is 3. The number of halogens is 1. The summed E-state index contributed by atoms with van der Waals surface area (Å²) < 4.78 is 0. The highest BCUT2D eigenvalue weighted by Gasteiger charge is 2.06. The molecule has 1 atom stereocenters. The number of para-hydroxylation sites is 1. The van der Waals surface area contributed by atoms with Crippen LogP contribution in [0.3, 0.4) is 0 Å². The van der Waals surface area contributed by atoms with Crippen LogP contribution >= 0.6 is 11.6 Å². The van der Waals surface area contributed by atoms with E-state index in [0.717, 1.165) is 10.7 Å². The predicted molar refractivity (Wildman–Crippen MR) is 74.7 cm³/mol. The lowest BCUT2D eigenvalue weighted by Gasteiger charge is -2.16. The van der Waals surface area contributed by atoms with Crippen LogP contribution in [0.4, 0.5) is 5.69 Å². The minimum absolute atomic E-state index is 0.246. The first-order valence-electron chi connectivity index (χ1n) is 5.74. The van der Waals surface area contributed by atoms with E-state index in [1.165, 1.54) is 11.1 Å². The summed E-state index contributed by atoms with van der Waals surface area (Å²) in [5.41, 5.74) is 3.51. The van der Waals surface area contributed by atoms with Gasteiger partial charge in [0.1, 0.15) is 0 Å². The van der Waals surface area contributed by atoms with Gasteiger partial charge in [0.25, 0.3) is 0 Å². The first-order chi connectivity index (χ1) is 8.16. The summed E-state index contributed by atoms with van der Waals surface area (Å²) in [6.45, 7) is 4.23. The quantitative estimate of drug-likeness (QED) is 0.817. The van der Waals surface area contributed by atoms with E-state index in [0.29, 0.717) is 0 Å². The summed E-state index contributed by atoms with van der Waals surface area (Å²) >= 11 is 6.12. The number of aryl methyl sites for hydroxylation is 1. The summed E-state index contributed by atoms with van der Waals surface area (Å²) in [6.07, 6.45) is 0. The molecule has 2 aromatic rings. The van der Waals surface area contributed by atoms with E-state index < -0.39 is 0 Å². The zero-order valence-electron chi connectivity index (χ0n) is 10.1. The number of hydrogen-bond acceptors (Lipinski definition) is 1. The summed E-state index contributed by atoms with van der Waals surface area (Å²) in [6, 6.07) is 16.6. The second-order valence-corrected chi connectivity index (χ2v) is 4.66. The molecule has 0 spiro atoms. The fourth-order valence-corrected chi connectivity index (χ4v) is 1.94. The van der Waals surface area contributed by atoms with Crippen LogP contribution in [-0.4, -0.2) is 0 Å². The number of hydrogen-bond donors (Lipinski definition) is 1. The Morgan fingerprint density at radius 1 is 1.00 bits per heavy atom. The maximum atomic E-state index is 6.12. The van der Waals surface area contributed by atoms with Crippen LogP contribution in [0.25, 0.3) is 0 Å². The second-order valence-electron chi connectivity index (χ2n) is 4.26. The molecule has 0 heterocycles. The molecule has 88 valence electrons. The average molecular weight is 246 g/mol. The third kappa shape index (κ3) is 3.01. The lowest BCUT2D eigenvalue weighted by molar-refractivity contribution is 0.884. The van der Waals surface area contributed by atoms with Gasteiger partial charge in [0.2, 0.25) is 0 Å². The molecule has 17 heavy (non-hydrogen) atoms. The SMILES string of the molecule is Cc1ccc(C(C)Nc2ccccc2Cl)cc1. The van der Waals surface area contributed by atoms with Crippen molar-refractivity contribution in [2.45, 2.75) is 19.9 Å². The summed E-state index contributed by atoms with van der Waals surface area (Å²) in [5, 5.41) is 4.17. The van der Waals surface area contributed by atoms with E-state index in [9.17, 15) is 0 Å². The van der Waals surface area contributed by atoms with Gasteiger partial charge in [-0.25, -0.2) is 0 Å². The molecule has 0 amide bonds. The Hall–Kier alpha value is -1.47. The monoisotopic (exact) mass is 245 g/mol. The maximum absolute atomic E-state index is 6.12. The van der Waals surface area contributed by atoms with Crippen LogP contribution in [0, 0.1) is 6.92 Å². The highest BCUT2D eigenvalue weighted by molar-refractivity contribution is 6.33. The Kier molecular flexibility index (Phi) is 3.70.